The molecule has 0 saturated heterocycles. The summed E-state index contributed by atoms with van der Waals surface area (Å²) in [6.45, 7) is 1.22. The highest BCUT2D eigenvalue weighted by molar-refractivity contribution is 6.42. The van der Waals surface area contributed by atoms with Crippen LogP contribution < -0.4 is 20.5 Å². The molecule has 3 heterocycles. The Labute approximate surface area is 164 Å². The van der Waals surface area contributed by atoms with Crippen LogP contribution in [0.15, 0.2) is 35.3 Å². The number of nitrogens with two attached hydrogens (primary N) is 1. The fraction of sp³-hybridized carbons (Fsp3) is 0.222. The first-order valence-electron chi connectivity index (χ1n) is 8.47. The maximum atomic E-state index is 6.46. The van der Waals surface area contributed by atoms with Crippen LogP contribution >= 0.6 is 23.2 Å². The summed E-state index contributed by atoms with van der Waals surface area (Å²) in [5.41, 5.74) is 8.31. The number of benzene rings is 2. The molecule has 7 nitrogen and oxygen atoms in total. The lowest BCUT2D eigenvalue weighted by Gasteiger charge is -2.24. The van der Waals surface area contributed by atoms with Crippen molar-refractivity contribution in [1.29, 1.82) is 0 Å². The first-order chi connectivity index (χ1) is 13.1. The van der Waals surface area contributed by atoms with E-state index in [-0.39, 0.29) is 5.96 Å². The zero-order valence-corrected chi connectivity index (χ0v) is 15.6. The van der Waals surface area contributed by atoms with Gasteiger partial charge in [-0.3, -0.25) is 9.88 Å². The van der Waals surface area contributed by atoms with Gasteiger partial charge < -0.3 is 15.2 Å². The average Bonchev–Trinajstić information content (AvgIpc) is 2.83. The van der Waals surface area contributed by atoms with E-state index in [9.17, 15) is 0 Å². The number of hydrogen-bond acceptors (Lipinski definition) is 6. The Kier molecular flexibility index (Phi) is 3.80. The molecule has 1 atom stereocenters. The fourth-order valence-corrected chi connectivity index (χ4v) is 3.76. The van der Waals surface area contributed by atoms with Crippen LogP contribution in [0.2, 0.25) is 10.0 Å². The van der Waals surface area contributed by atoms with Crippen LogP contribution in [0.5, 0.6) is 11.5 Å². The van der Waals surface area contributed by atoms with E-state index in [1.165, 1.54) is 0 Å². The highest BCUT2D eigenvalue weighted by Gasteiger charge is 2.28. The van der Waals surface area contributed by atoms with Gasteiger partial charge in [0.15, 0.2) is 23.6 Å². The van der Waals surface area contributed by atoms with Gasteiger partial charge in [0.2, 0.25) is 5.95 Å². The Morgan fingerprint density at radius 2 is 1.93 bits per heavy atom. The second kappa shape index (κ2) is 6.21. The maximum absolute atomic E-state index is 6.46. The van der Waals surface area contributed by atoms with Gasteiger partial charge in [-0.2, -0.15) is 0 Å². The molecule has 0 aliphatic carbocycles. The number of nitrogens with one attached hydrogen (secondary N) is 1. The molecule has 0 amide bonds. The molecule has 2 aromatic carbocycles. The number of anilines is 1. The van der Waals surface area contributed by atoms with Crippen molar-refractivity contribution in [2.75, 3.05) is 18.5 Å². The summed E-state index contributed by atoms with van der Waals surface area (Å²) in [6.07, 6.45) is 0.336. The number of halogens is 2. The molecular formula is C18H15Cl2N5O2. The number of rotatable bonds is 1. The Bertz CT molecular complexity index is 1100. The van der Waals surface area contributed by atoms with E-state index in [0.29, 0.717) is 40.7 Å². The molecule has 2 aliphatic rings. The van der Waals surface area contributed by atoms with Gasteiger partial charge in [-0.05, 0) is 6.07 Å². The van der Waals surface area contributed by atoms with Crippen LogP contribution in [-0.2, 0) is 0 Å². The first-order valence-corrected chi connectivity index (χ1v) is 9.23. The van der Waals surface area contributed by atoms with E-state index in [4.69, 9.17) is 38.4 Å². The maximum Gasteiger partial charge on any atom is 0.212 e. The third kappa shape index (κ3) is 2.65. The Hall–Kier alpha value is -2.64. The first kappa shape index (κ1) is 16.5. The van der Waals surface area contributed by atoms with Gasteiger partial charge in [-0.25, -0.2) is 9.98 Å². The molecule has 0 radical (unpaired) electrons. The normalized spacial score (nSPS) is 18.4. The topological polar surface area (TPSA) is 86.7 Å². The van der Waals surface area contributed by atoms with Crippen LogP contribution in [0.1, 0.15) is 18.2 Å². The molecule has 0 bridgehead atoms. The summed E-state index contributed by atoms with van der Waals surface area (Å²) in [4.78, 5) is 9.19. The second-order valence-electron chi connectivity index (χ2n) is 6.30. The minimum Gasteiger partial charge on any atom is -0.489 e. The third-order valence-corrected chi connectivity index (χ3v) is 5.40. The number of fused-ring (bicyclic) bond motifs is 4. The minimum atomic E-state index is -0.498. The monoisotopic (exact) mass is 403 g/mol. The SMILES string of the molecule is NC1=N[C@H](c2cccc(Cl)c2Cl)n2c(nc3cc4c(cc32)OCCCO4)N1. The van der Waals surface area contributed by atoms with Gasteiger partial charge in [0.05, 0.1) is 34.3 Å². The van der Waals surface area contributed by atoms with Crippen LogP contribution in [-0.4, -0.2) is 28.7 Å². The van der Waals surface area contributed by atoms with Crippen molar-refractivity contribution < 1.29 is 9.47 Å². The molecular weight excluding hydrogens is 389 g/mol. The van der Waals surface area contributed by atoms with Crippen LogP contribution in [0.3, 0.4) is 0 Å². The van der Waals surface area contributed by atoms with Crippen molar-refractivity contribution in [3.63, 3.8) is 0 Å². The van der Waals surface area contributed by atoms with Gasteiger partial charge >= 0.3 is 0 Å². The Morgan fingerprint density at radius 1 is 1.15 bits per heavy atom. The van der Waals surface area contributed by atoms with E-state index in [1.54, 1.807) is 6.07 Å². The van der Waals surface area contributed by atoms with Gasteiger partial charge in [0.1, 0.15) is 0 Å². The number of ether oxygens (including phenoxy) is 2. The number of aromatic nitrogens is 2. The predicted octanol–water partition coefficient (Wildman–Crippen LogP) is 3.79. The van der Waals surface area contributed by atoms with Gasteiger partial charge in [0, 0.05) is 24.1 Å². The fourth-order valence-electron chi connectivity index (χ4n) is 3.35. The van der Waals surface area contributed by atoms with Crippen LogP contribution in [0.25, 0.3) is 11.0 Å². The number of aliphatic imine (C=N–C) groups is 1. The van der Waals surface area contributed by atoms with E-state index < -0.39 is 6.17 Å². The number of hydrogen-bond donors (Lipinski definition) is 2. The van der Waals surface area contributed by atoms with E-state index >= 15 is 0 Å². The van der Waals surface area contributed by atoms with E-state index in [1.807, 2.05) is 28.8 Å². The molecule has 0 unspecified atom stereocenters. The lowest BCUT2D eigenvalue weighted by Crippen LogP contribution is -2.31. The number of guanidine groups is 1. The number of imidazole rings is 1. The molecule has 0 spiro atoms. The Balaban J connectivity index is 1.74. The average molecular weight is 404 g/mol. The summed E-state index contributed by atoms with van der Waals surface area (Å²) in [7, 11) is 0. The van der Waals surface area contributed by atoms with Crippen molar-refractivity contribution in [1.82, 2.24) is 9.55 Å². The summed E-state index contributed by atoms with van der Waals surface area (Å²) in [5.74, 6) is 2.19. The lowest BCUT2D eigenvalue weighted by molar-refractivity contribution is 0.297. The van der Waals surface area contributed by atoms with E-state index in [2.05, 4.69) is 15.3 Å². The van der Waals surface area contributed by atoms with Gasteiger partial charge in [0.25, 0.3) is 0 Å². The van der Waals surface area contributed by atoms with Crippen molar-refractivity contribution in [3.05, 3.63) is 45.9 Å². The summed E-state index contributed by atoms with van der Waals surface area (Å²) >= 11 is 12.7. The molecule has 3 N–H and O–H groups in total. The van der Waals surface area contributed by atoms with Gasteiger partial charge in [-0.15, -0.1) is 0 Å². The molecule has 9 heteroatoms. The van der Waals surface area contributed by atoms with Crippen LogP contribution in [0.4, 0.5) is 5.95 Å². The number of nitrogens with zero attached hydrogens (tertiary/aromatic N) is 3. The highest BCUT2D eigenvalue weighted by Crippen LogP contribution is 2.41. The molecule has 138 valence electrons. The summed E-state index contributed by atoms with van der Waals surface area (Å²) < 4.78 is 13.5. The molecule has 2 aliphatic heterocycles. The molecule has 0 fully saturated rings. The zero-order chi connectivity index (χ0) is 18.5. The van der Waals surface area contributed by atoms with Crippen molar-refractivity contribution in [2.45, 2.75) is 12.6 Å². The molecule has 3 aromatic rings. The highest BCUT2D eigenvalue weighted by atomic mass is 35.5. The van der Waals surface area contributed by atoms with Crippen molar-refractivity contribution in [3.8, 4) is 11.5 Å². The second-order valence-corrected chi connectivity index (χ2v) is 7.08. The van der Waals surface area contributed by atoms with Crippen molar-refractivity contribution >= 4 is 46.1 Å². The molecule has 5 rings (SSSR count). The zero-order valence-electron chi connectivity index (χ0n) is 14.1. The summed E-state index contributed by atoms with van der Waals surface area (Å²) in [5, 5.41) is 3.90. The van der Waals surface area contributed by atoms with Crippen LogP contribution in [0, 0.1) is 0 Å². The largest absolute Gasteiger partial charge is 0.489 e. The lowest BCUT2D eigenvalue weighted by atomic mass is 10.1. The Morgan fingerprint density at radius 3 is 2.74 bits per heavy atom. The smallest absolute Gasteiger partial charge is 0.212 e. The third-order valence-electron chi connectivity index (χ3n) is 4.56. The quantitative estimate of drug-likeness (QED) is 0.645. The van der Waals surface area contributed by atoms with Gasteiger partial charge in [-0.1, -0.05) is 35.3 Å². The van der Waals surface area contributed by atoms with Crippen molar-refractivity contribution in [2.24, 2.45) is 10.7 Å². The standard InChI is InChI=1S/C18H15Cl2N5O2/c19-10-4-1-3-9(15(10)20)16-23-17(21)24-18-22-11-7-13-14(8-12(11)25(16)18)27-6-2-5-26-13/h1,3-4,7-8,16H,2,5-6H2,(H3,21,22,23,24)/t16-/m0/s1. The van der Waals surface area contributed by atoms with E-state index in [0.717, 1.165) is 23.0 Å². The summed E-state index contributed by atoms with van der Waals surface area (Å²) in [6, 6.07) is 9.23. The minimum absolute atomic E-state index is 0.257. The molecule has 0 saturated carbocycles. The predicted molar refractivity (Wildman–Crippen MR) is 105 cm³/mol. The molecule has 27 heavy (non-hydrogen) atoms. The molecule has 1 aromatic heterocycles.